The van der Waals surface area contributed by atoms with Gasteiger partial charge in [0.1, 0.15) is 46.5 Å². The van der Waals surface area contributed by atoms with Crippen LogP contribution in [0.2, 0.25) is 0 Å². The van der Waals surface area contributed by atoms with Gasteiger partial charge in [0, 0.05) is 94.6 Å². The van der Waals surface area contributed by atoms with E-state index in [2.05, 4.69) is 121 Å². The zero-order valence-corrected chi connectivity index (χ0v) is 90.3. The van der Waals surface area contributed by atoms with Gasteiger partial charge < -0.3 is 65.3 Å². The SMILES string of the molecule is [C-]#[N+]c1cn2[nH]c(-c3ccc(N4CCN(C(C)=O)CC4)c(NS(=O)Oc4cc(C)ccc4CC)c3)nc2c1C(=O)OC1C(C)CC(C)CC1C.[C-]#[N+]c1cn2[nH]c(-c3ccc(N4CCOCC4)c(NS(=O)Oc4cc(C)ccc4CC)c3)nc2c1C(=O)OC1C(C)CC(C)CC1C.[C-]#[N+]c1cn2[nH]c(-c3ccc(N4CCOCC4)c(NS(=O)Oc4cc(C)ccc4OC(C)C(=O)OCC)c3)nc2c1C(=O)OC1C(C)CC(C)CC1C. The van der Waals surface area contributed by atoms with E-state index >= 15 is 0 Å². The minimum absolute atomic E-state index is 0.0361. The van der Waals surface area contributed by atoms with Crippen LogP contribution >= 0.6 is 0 Å². The molecule has 794 valence electrons. The highest BCUT2D eigenvalue weighted by atomic mass is 32.2. The number of aromatic nitrogens is 9. The molecule has 3 aliphatic carbocycles. The third-order valence-electron chi connectivity index (χ3n) is 28.8. The van der Waals surface area contributed by atoms with E-state index in [-0.39, 0.29) is 117 Å². The van der Waals surface area contributed by atoms with Crippen LogP contribution in [0.15, 0.2) is 128 Å². The van der Waals surface area contributed by atoms with Gasteiger partial charge in [0.25, 0.3) is 0 Å². The monoisotopic (exact) mass is 2100 g/mol. The van der Waals surface area contributed by atoms with Crippen LogP contribution in [0.3, 0.4) is 0 Å². The minimum Gasteiger partial charge on any atom is -0.475 e. The first-order chi connectivity index (χ1) is 72.0. The van der Waals surface area contributed by atoms with E-state index in [1.54, 1.807) is 77.2 Å². The van der Waals surface area contributed by atoms with Crippen LogP contribution < -0.4 is 46.2 Å². The van der Waals surface area contributed by atoms with Crippen molar-refractivity contribution in [2.75, 3.05) is 114 Å². The van der Waals surface area contributed by atoms with Crippen molar-refractivity contribution < 1.29 is 82.3 Å². The minimum atomic E-state index is -2.12. The third kappa shape index (κ3) is 25.1. The first-order valence-corrected chi connectivity index (χ1v) is 54.7. The first kappa shape index (κ1) is 108. The number of H-pyrrole nitrogens is 3. The summed E-state index contributed by atoms with van der Waals surface area (Å²) in [6.07, 6.45) is 10.4. The van der Waals surface area contributed by atoms with Crippen LogP contribution in [0.1, 0.15) is 194 Å². The van der Waals surface area contributed by atoms with Crippen LogP contribution in [0.4, 0.5) is 51.2 Å². The Morgan fingerprint density at radius 3 is 1.05 bits per heavy atom. The lowest BCUT2D eigenvalue weighted by Gasteiger charge is -2.37. The summed E-state index contributed by atoms with van der Waals surface area (Å²) in [7, 11) is 0. The summed E-state index contributed by atoms with van der Waals surface area (Å²) in [5.74, 6) is 3.74. The molecule has 6 aromatic heterocycles. The zero-order valence-electron chi connectivity index (χ0n) is 87.9. The van der Waals surface area contributed by atoms with Crippen molar-refractivity contribution in [3.05, 3.63) is 207 Å². The van der Waals surface area contributed by atoms with Gasteiger partial charge >= 0.3 is 57.7 Å². The average molecular weight is 2110 g/mol. The summed E-state index contributed by atoms with van der Waals surface area (Å²) in [5.41, 5.74) is 12.7. The number of ether oxygens (including phenoxy) is 7. The van der Waals surface area contributed by atoms with E-state index in [9.17, 15) is 36.6 Å². The van der Waals surface area contributed by atoms with Crippen molar-refractivity contribution >= 4 is 132 Å². The molecule has 3 saturated heterocycles. The summed E-state index contributed by atoms with van der Waals surface area (Å²) in [6.45, 7) is 64.7. The van der Waals surface area contributed by atoms with Crippen molar-refractivity contribution in [3.8, 4) is 57.2 Å². The molecule has 6 aromatic carbocycles. The van der Waals surface area contributed by atoms with Crippen LogP contribution in [-0.4, -0.2) is 201 Å². The second-order valence-corrected chi connectivity index (χ2v) is 43.1. The van der Waals surface area contributed by atoms with Crippen LogP contribution in [0.5, 0.6) is 23.0 Å². The Morgan fingerprint density at radius 1 is 0.427 bits per heavy atom. The number of amides is 1. The molecule has 0 bridgehead atoms. The van der Waals surface area contributed by atoms with E-state index in [4.69, 9.17) is 80.4 Å². The summed E-state index contributed by atoms with van der Waals surface area (Å²) in [4.78, 5) is 98.5. The number of aromatic amines is 3. The number of aryl methyl sites for hydroxylation is 5. The average Bonchev–Trinajstić information content (AvgIpc) is 1.61. The van der Waals surface area contributed by atoms with Gasteiger partial charge in [0.15, 0.2) is 52.0 Å². The lowest BCUT2D eigenvalue weighted by atomic mass is 9.75. The van der Waals surface area contributed by atoms with Gasteiger partial charge in [0.2, 0.25) is 23.0 Å². The van der Waals surface area contributed by atoms with Crippen LogP contribution in [0.25, 0.3) is 65.6 Å². The summed E-state index contributed by atoms with van der Waals surface area (Å²) < 4.78 is 112. The van der Waals surface area contributed by atoms with E-state index in [0.29, 0.717) is 171 Å². The highest BCUT2D eigenvalue weighted by molar-refractivity contribution is 7.82. The molecular formula is C110H133N19O18S3. The van der Waals surface area contributed by atoms with Crippen molar-refractivity contribution in [3.63, 3.8) is 0 Å². The number of benzene rings is 6. The quantitative estimate of drug-likeness (QED) is 0.0138. The van der Waals surface area contributed by atoms with Gasteiger partial charge in [0.05, 0.1) is 86.9 Å². The largest absolute Gasteiger partial charge is 0.475 e. The molecule has 10 unspecified atom stereocenters. The molecule has 3 saturated carbocycles. The number of carbonyl (C=O) groups excluding carboxylic acids is 5. The number of hydrogen-bond donors (Lipinski definition) is 6. The second-order valence-electron chi connectivity index (χ2n) is 40.5. The van der Waals surface area contributed by atoms with Crippen LogP contribution in [-0.2, 0) is 84.7 Å². The maximum atomic E-state index is 13.7. The maximum Gasteiger partial charge on any atom is 0.347 e. The van der Waals surface area contributed by atoms with E-state index in [1.165, 1.54) is 0 Å². The highest BCUT2D eigenvalue weighted by Crippen LogP contribution is 2.45. The van der Waals surface area contributed by atoms with Crippen molar-refractivity contribution in [2.24, 2.45) is 53.3 Å². The molecule has 12 aromatic rings. The highest BCUT2D eigenvalue weighted by Gasteiger charge is 2.41. The molecule has 150 heavy (non-hydrogen) atoms. The lowest BCUT2D eigenvalue weighted by molar-refractivity contribution is -0.150. The Labute approximate surface area is 882 Å². The zero-order chi connectivity index (χ0) is 107. The Bertz CT molecular complexity index is 7130. The lowest BCUT2D eigenvalue weighted by Crippen LogP contribution is -2.48. The standard InChI is InChI=1S/C38H46N6O8S.C37H45N7O5S.C35H42N6O5S/c1-8-49-37(45)26(6)50-31-12-9-22(2)19-32(31)52-53(47)42-28-20-27(10-11-30(28)43-13-15-48-16-14-43)35-40-36-33(29(39-7)21-44(36)41-35)38(46)51-34-24(4)17-23(3)18-25(34)5;1-8-27-10-9-22(2)19-32(27)49-50(47)41-29-20-28(11-12-31(29)43-15-13-42(14-16-43)26(6)45)35-39-36-33(30(38-7)21-44(36)40-35)37(46)48-34-24(4)17-23(3)18-25(34)5;1-7-25-9-8-21(2)18-30(25)46-47(43)39-27-19-26(10-11-29(27)40-12-14-44-15-13-40)33-37-34-31(28(36-6)20-41(34)38-33)35(42)45-32-23(4)16-22(3)17-24(32)5/h9-12,19-21,23-26,34,42H,8,13-18H2,1-6H3,(H,40,41);9-12,19-21,23-25,34,41H,8,13-18H2,1-6H3,(H,39,40);8-11,18-20,22-24,32,39H,7,12-17H2,1-5H3,(H,37,38). The predicted molar refractivity (Wildman–Crippen MR) is 578 cm³/mol. The van der Waals surface area contributed by atoms with Gasteiger partial charge in [-0.2, -0.15) is 12.6 Å². The number of fused-ring (bicyclic) bond motifs is 3. The fourth-order valence-corrected chi connectivity index (χ4v) is 23.8. The number of esters is 4. The van der Waals surface area contributed by atoms with E-state index < -0.39 is 63.8 Å². The smallest absolute Gasteiger partial charge is 0.347 e. The first-order valence-electron chi connectivity index (χ1n) is 51.5. The van der Waals surface area contributed by atoms with Gasteiger partial charge in [-0.25, -0.2) is 48.7 Å². The summed E-state index contributed by atoms with van der Waals surface area (Å²) >= 11 is -5.95. The molecule has 10 atom stereocenters. The van der Waals surface area contributed by atoms with Crippen LogP contribution in [0, 0.1) is 93.7 Å². The molecule has 1 amide bonds. The Kier molecular flexibility index (Phi) is 34.8. The van der Waals surface area contributed by atoms with Crippen molar-refractivity contribution in [1.82, 2.24) is 48.7 Å². The predicted octanol–water partition coefficient (Wildman–Crippen LogP) is 20.3. The summed E-state index contributed by atoms with van der Waals surface area (Å²) in [6, 6.07) is 33.8. The van der Waals surface area contributed by atoms with E-state index in [0.717, 1.165) is 96.2 Å². The molecule has 37 nitrogen and oxygen atoms in total. The molecule has 9 heterocycles. The number of carbonyl (C=O) groups is 5. The van der Waals surface area contributed by atoms with Gasteiger partial charge in [-0.05, 0) is 246 Å². The fourth-order valence-electron chi connectivity index (χ4n) is 21.7. The van der Waals surface area contributed by atoms with Gasteiger partial charge in [-0.3, -0.25) is 47.8 Å². The van der Waals surface area contributed by atoms with Crippen molar-refractivity contribution in [2.45, 2.75) is 193 Å². The molecule has 40 heteroatoms. The maximum absolute atomic E-state index is 13.7. The Balaban J connectivity index is 0.000000160. The normalized spacial score (nSPS) is 21.6. The topological polar surface area (TPSA) is 390 Å². The Morgan fingerprint density at radius 2 is 0.740 bits per heavy atom. The molecule has 0 spiro atoms. The molecule has 3 aliphatic heterocycles. The van der Waals surface area contributed by atoms with Crippen molar-refractivity contribution in [1.29, 1.82) is 0 Å². The summed E-state index contributed by atoms with van der Waals surface area (Å²) in [5, 5.41) is 9.61. The van der Waals surface area contributed by atoms with Gasteiger partial charge in [-0.1, -0.05) is 106 Å². The molecule has 0 radical (unpaired) electrons. The molecule has 6 N–H and O–H groups in total. The number of anilines is 6. The second kappa shape index (κ2) is 48.2. The van der Waals surface area contributed by atoms with E-state index in [1.807, 2.05) is 124 Å². The number of hydrogen-bond acceptors (Lipinski definition) is 24. The number of piperazine rings is 1. The number of morpholine rings is 2. The molecule has 18 rings (SSSR count). The Hall–Kier alpha value is -14.2. The molecule has 6 aliphatic rings. The molecule has 6 fully saturated rings. The number of nitrogens with one attached hydrogen (secondary N) is 6. The number of rotatable bonds is 30. The molecular weight excluding hydrogens is 1970 g/mol. The fraction of sp³-hybridized carbons (Fsp3) is 0.464. The van der Waals surface area contributed by atoms with Gasteiger partial charge in [-0.15, -0.1) is 0 Å². The number of nitrogens with zero attached hydrogens (tertiary/aromatic N) is 13. The third-order valence-corrected chi connectivity index (χ3v) is 31.0.